The van der Waals surface area contributed by atoms with Crippen LogP contribution in [0.15, 0.2) is 0 Å². The number of hydrogen-bond donors (Lipinski definition) is 1. The molecule has 4 heteroatoms. The molecule has 2 nitrogen and oxygen atoms in total. The first-order chi connectivity index (χ1) is 5.79. The minimum Gasteiger partial charge on any atom is -0.316 e. The average Bonchev–Trinajstić information content (AvgIpc) is 2.58. The third-order valence-electron chi connectivity index (χ3n) is 3.17. The smallest absolute Gasteiger partial charge is 0.0108 e. The van der Waals surface area contributed by atoms with Gasteiger partial charge in [0.2, 0.25) is 0 Å². The van der Waals surface area contributed by atoms with E-state index in [1.54, 1.807) is 0 Å². The maximum atomic E-state index is 3.43. The molecule has 2 unspecified atom stereocenters. The molecular formula is C10H24Cl2N2. The van der Waals surface area contributed by atoms with Crippen molar-refractivity contribution in [2.24, 2.45) is 5.92 Å². The lowest BCUT2D eigenvalue weighted by Gasteiger charge is -2.30. The molecular weight excluding hydrogens is 219 g/mol. The quantitative estimate of drug-likeness (QED) is 0.814. The van der Waals surface area contributed by atoms with Crippen molar-refractivity contribution in [2.75, 3.05) is 26.2 Å². The Hall–Kier alpha value is 0.500. The number of hydrogen-bond acceptors (Lipinski definition) is 2. The first-order valence-electron chi connectivity index (χ1n) is 5.24. The van der Waals surface area contributed by atoms with Crippen LogP contribution in [0.25, 0.3) is 0 Å². The lowest BCUT2D eigenvalue weighted by molar-refractivity contribution is 0.178. The van der Waals surface area contributed by atoms with Crippen molar-refractivity contribution in [3.05, 3.63) is 0 Å². The zero-order valence-electron chi connectivity index (χ0n) is 9.45. The standard InChI is InChI=1S/C10H22N2.2ClH/c1-4-12(5-2)9(3)10-6-7-11-8-10;;/h9-11H,4-8H2,1-3H3;2*1H. The van der Waals surface area contributed by atoms with Gasteiger partial charge in [-0.25, -0.2) is 0 Å². The van der Waals surface area contributed by atoms with E-state index in [4.69, 9.17) is 0 Å². The Balaban J connectivity index is 0. The van der Waals surface area contributed by atoms with Gasteiger partial charge in [-0.15, -0.1) is 24.8 Å². The van der Waals surface area contributed by atoms with Gasteiger partial charge in [-0.1, -0.05) is 13.8 Å². The Bertz CT molecular complexity index is 121. The minimum absolute atomic E-state index is 0. The Labute approximate surface area is 101 Å². The highest BCUT2D eigenvalue weighted by Gasteiger charge is 2.24. The van der Waals surface area contributed by atoms with Gasteiger partial charge in [0, 0.05) is 6.04 Å². The molecule has 1 aliphatic rings. The molecule has 0 aliphatic carbocycles. The Morgan fingerprint density at radius 3 is 2.21 bits per heavy atom. The first kappa shape index (κ1) is 16.9. The normalized spacial score (nSPS) is 22.7. The molecule has 14 heavy (non-hydrogen) atoms. The van der Waals surface area contributed by atoms with Crippen LogP contribution in [0.5, 0.6) is 0 Å². The van der Waals surface area contributed by atoms with E-state index in [0.717, 1.165) is 12.0 Å². The fourth-order valence-corrected chi connectivity index (χ4v) is 2.19. The van der Waals surface area contributed by atoms with Crippen molar-refractivity contribution >= 4 is 24.8 Å². The SMILES string of the molecule is CCN(CC)C(C)C1CCNC1.Cl.Cl. The van der Waals surface area contributed by atoms with E-state index in [9.17, 15) is 0 Å². The number of nitrogens with one attached hydrogen (secondary N) is 1. The van der Waals surface area contributed by atoms with Gasteiger partial charge >= 0.3 is 0 Å². The predicted molar refractivity (Wildman–Crippen MR) is 67.9 cm³/mol. The molecule has 0 amide bonds. The molecule has 1 fully saturated rings. The summed E-state index contributed by atoms with van der Waals surface area (Å²) in [6, 6.07) is 0.759. The number of nitrogens with zero attached hydrogens (tertiary/aromatic N) is 1. The van der Waals surface area contributed by atoms with Crippen molar-refractivity contribution in [3.8, 4) is 0 Å². The monoisotopic (exact) mass is 242 g/mol. The van der Waals surface area contributed by atoms with Crippen LogP contribution in [0.3, 0.4) is 0 Å². The maximum Gasteiger partial charge on any atom is 0.0108 e. The van der Waals surface area contributed by atoms with Crippen LogP contribution in [0.2, 0.25) is 0 Å². The summed E-state index contributed by atoms with van der Waals surface area (Å²) in [5, 5.41) is 3.43. The molecule has 2 atom stereocenters. The summed E-state index contributed by atoms with van der Waals surface area (Å²) in [7, 11) is 0. The van der Waals surface area contributed by atoms with E-state index in [1.165, 1.54) is 32.6 Å². The summed E-state index contributed by atoms with van der Waals surface area (Å²) in [5.41, 5.74) is 0. The van der Waals surface area contributed by atoms with Crippen molar-refractivity contribution in [2.45, 2.75) is 33.2 Å². The zero-order valence-corrected chi connectivity index (χ0v) is 11.1. The molecule has 0 bridgehead atoms. The van der Waals surface area contributed by atoms with Crippen molar-refractivity contribution in [3.63, 3.8) is 0 Å². The Kier molecular flexibility index (Phi) is 10.6. The molecule has 88 valence electrons. The van der Waals surface area contributed by atoms with E-state index < -0.39 is 0 Å². The van der Waals surface area contributed by atoms with E-state index in [0.29, 0.717) is 0 Å². The Morgan fingerprint density at radius 1 is 1.29 bits per heavy atom. The molecule has 0 saturated carbocycles. The van der Waals surface area contributed by atoms with Gasteiger partial charge in [0.15, 0.2) is 0 Å². The van der Waals surface area contributed by atoms with Crippen LogP contribution in [-0.4, -0.2) is 37.1 Å². The molecule has 1 heterocycles. The van der Waals surface area contributed by atoms with E-state index >= 15 is 0 Å². The van der Waals surface area contributed by atoms with Crippen LogP contribution in [0.4, 0.5) is 0 Å². The van der Waals surface area contributed by atoms with Crippen molar-refractivity contribution in [1.29, 1.82) is 0 Å². The third-order valence-corrected chi connectivity index (χ3v) is 3.17. The fraction of sp³-hybridized carbons (Fsp3) is 1.00. The second-order valence-electron chi connectivity index (χ2n) is 3.71. The maximum absolute atomic E-state index is 3.43. The second kappa shape index (κ2) is 8.78. The number of rotatable bonds is 4. The molecule has 1 aliphatic heterocycles. The summed E-state index contributed by atoms with van der Waals surface area (Å²) in [4.78, 5) is 2.55. The predicted octanol–water partition coefficient (Wildman–Crippen LogP) is 2.17. The molecule has 0 spiro atoms. The molecule has 1 rings (SSSR count). The van der Waals surface area contributed by atoms with E-state index in [1.807, 2.05) is 0 Å². The van der Waals surface area contributed by atoms with Gasteiger partial charge in [0.05, 0.1) is 0 Å². The van der Waals surface area contributed by atoms with Gasteiger partial charge in [0.25, 0.3) is 0 Å². The van der Waals surface area contributed by atoms with Crippen LogP contribution >= 0.6 is 24.8 Å². The lowest BCUT2D eigenvalue weighted by Crippen LogP contribution is -2.39. The van der Waals surface area contributed by atoms with E-state index in [-0.39, 0.29) is 24.8 Å². The van der Waals surface area contributed by atoms with Crippen LogP contribution < -0.4 is 5.32 Å². The lowest BCUT2D eigenvalue weighted by atomic mass is 9.99. The van der Waals surface area contributed by atoms with Gasteiger partial charge in [-0.2, -0.15) is 0 Å². The largest absolute Gasteiger partial charge is 0.316 e. The second-order valence-corrected chi connectivity index (χ2v) is 3.71. The molecule has 0 aromatic heterocycles. The van der Waals surface area contributed by atoms with Crippen LogP contribution in [-0.2, 0) is 0 Å². The van der Waals surface area contributed by atoms with Crippen LogP contribution in [0.1, 0.15) is 27.2 Å². The zero-order chi connectivity index (χ0) is 8.97. The molecule has 0 radical (unpaired) electrons. The van der Waals surface area contributed by atoms with Gasteiger partial charge in [-0.05, 0) is 45.4 Å². The summed E-state index contributed by atoms with van der Waals surface area (Å²) in [5.74, 6) is 0.880. The number of halogens is 2. The molecule has 0 aromatic rings. The van der Waals surface area contributed by atoms with Gasteiger partial charge < -0.3 is 10.2 Å². The summed E-state index contributed by atoms with van der Waals surface area (Å²) in [6.45, 7) is 11.7. The molecule has 0 aromatic carbocycles. The minimum atomic E-state index is 0. The molecule has 1 N–H and O–H groups in total. The third kappa shape index (κ3) is 4.35. The highest BCUT2D eigenvalue weighted by atomic mass is 35.5. The fourth-order valence-electron chi connectivity index (χ4n) is 2.19. The average molecular weight is 243 g/mol. The topological polar surface area (TPSA) is 15.3 Å². The van der Waals surface area contributed by atoms with Crippen molar-refractivity contribution in [1.82, 2.24) is 10.2 Å². The Morgan fingerprint density at radius 2 is 1.86 bits per heavy atom. The summed E-state index contributed by atoms with van der Waals surface area (Å²) >= 11 is 0. The molecule has 1 saturated heterocycles. The highest BCUT2D eigenvalue weighted by Crippen LogP contribution is 2.17. The van der Waals surface area contributed by atoms with Gasteiger partial charge in [0.1, 0.15) is 0 Å². The highest BCUT2D eigenvalue weighted by molar-refractivity contribution is 5.85. The summed E-state index contributed by atoms with van der Waals surface area (Å²) in [6.07, 6.45) is 1.36. The first-order valence-corrected chi connectivity index (χ1v) is 5.24. The van der Waals surface area contributed by atoms with E-state index in [2.05, 4.69) is 31.0 Å². The summed E-state index contributed by atoms with van der Waals surface area (Å²) < 4.78 is 0. The van der Waals surface area contributed by atoms with Gasteiger partial charge in [-0.3, -0.25) is 0 Å². The van der Waals surface area contributed by atoms with Crippen LogP contribution in [0, 0.1) is 5.92 Å². The van der Waals surface area contributed by atoms with Crippen molar-refractivity contribution < 1.29 is 0 Å².